The minimum absolute atomic E-state index is 0.388. The van der Waals surface area contributed by atoms with Crippen molar-refractivity contribution in [2.75, 3.05) is 0 Å². The molecule has 1 heterocycles. The molecule has 1 aromatic carbocycles. The highest BCUT2D eigenvalue weighted by Gasteiger charge is 2.04. The third-order valence-corrected chi connectivity index (χ3v) is 2.60. The van der Waals surface area contributed by atoms with E-state index in [-0.39, 0.29) is 0 Å². The van der Waals surface area contributed by atoms with Crippen molar-refractivity contribution < 1.29 is 4.74 Å². The number of nitrogens with zero attached hydrogens (tertiary/aromatic N) is 1. The fraction of sp³-hybridized carbons (Fsp3) is 0.154. The smallest absolute Gasteiger partial charge is 0.219 e. The predicted molar refractivity (Wildman–Crippen MR) is 68.4 cm³/mol. The Labute approximate surface area is 105 Å². The quantitative estimate of drug-likeness (QED) is 0.907. The number of pyridine rings is 1. The fourth-order valence-electron chi connectivity index (χ4n) is 1.43. The van der Waals surface area contributed by atoms with Gasteiger partial charge in [0.05, 0.1) is 10.7 Å². The van der Waals surface area contributed by atoms with Crippen LogP contribution in [-0.2, 0) is 6.54 Å². The van der Waals surface area contributed by atoms with Crippen LogP contribution in [0.1, 0.15) is 11.3 Å². The topological polar surface area (TPSA) is 48.1 Å². The van der Waals surface area contributed by atoms with Gasteiger partial charge in [-0.05, 0) is 30.7 Å². The third-order valence-electron chi connectivity index (χ3n) is 2.29. The Hall–Kier alpha value is -1.58. The van der Waals surface area contributed by atoms with Crippen LogP contribution in [0.25, 0.3) is 0 Å². The minimum atomic E-state index is 0.388. The number of benzene rings is 1. The molecule has 88 valence electrons. The normalized spacial score (nSPS) is 10.3. The van der Waals surface area contributed by atoms with Crippen molar-refractivity contribution in [1.29, 1.82) is 0 Å². The van der Waals surface area contributed by atoms with Crippen LogP contribution in [0.3, 0.4) is 0 Å². The summed E-state index contributed by atoms with van der Waals surface area (Å²) in [5, 5.41) is 0.565. The molecule has 0 unspecified atom stereocenters. The summed E-state index contributed by atoms with van der Waals surface area (Å²) in [7, 11) is 0. The van der Waals surface area contributed by atoms with Crippen molar-refractivity contribution in [3.8, 4) is 11.6 Å². The molecule has 0 radical (unpaired) electrons. The van der Waals surface area contributed by atoms with Crippen molar-refractivity contribution in [2.24, 2.45) is 5.73 Å². The lowest BCUT2D eigenvalue weighted by Gasteiger charge is -2.08. The molecule has 0 aliphatic rings. The Morgan fingerprint density at radius 3 is 2.88 bits per heavy atom. The van der Waals surface area contributed by atoms with Gasteiger partial charge in [-0.15, -0.1) is 0 Å². The maximum absolute atomic E-state index is 6.04. The van der Waals surface area contributed by atoms with E-state index in [0.717, 1.165) is 11.3 Å². The average molecular weight is 249 g/mol. The van der Waals surface area contributed by atoms with Crippen molar-refractivity contribution >= 4 is 11.6 Å². The van der Waals surface area contributed by atoms with E-state index in [2.05, 4.69) is 4.98 Å². The Balaban J connectivity index is 2.27. The zero-order chi connectivity index (χ0) is 12.3. The lowest BCUT2D eigenvalue weighted by molar-refractivity contribution is 0.460. The van der Waals surface area contributed by atoms with Gasteiger partial charge in [-0.3, -0.25) is 0 Å². The summed E-state index contributed by atoms with van der Waals surface area (Å²) in [4.78, 5) is 4.25. The molecular weight excluding hydrogens is 236 g/mol. The molecule has 2 aromatic rings. The van der Waals surface area contributed by atoms with Crippen LogP contribution in [-0.4, -0.2) is 4.98 Å². The van der Waals surface area contributed by atoms with E-state index in [1.54, 1.807) is 12.1 Å². The Morgan fingerprint density at radius 2 is 2.12 bits per heavy atom. The van der Waals surface area contributed by atoms with Crippen molar-refractivity contribution in [3.63, 3.8) is 0 Å². The second-order valence-corrected chi connectivity index (χ2v) is 4.11. The summed E-state index contributed by atoms with van der Waals surface area (Å²) in [5.74, 6) is 1.11. The first-order chi connectivity index (χ1) is 8.19. The summed E-state index contributed by atoms with van der Waals surface area (Å²) >= 11 is 6.04. The van der Waals surface area contributed by atoms with E-state index in [1.165, 1.54) is 0 Å². The molecule has 0 bridgehead atoms. The van der Waals surface area contributed by atoms with Crippen molar-refractivity contribution in [1.82, 2.24) is 4.98 Å². The van der Waals surface area contributed by atoms with Crippen molar-refractivity contribution in [3.05, 3.63) is 52.7 Å². The highest BCUT2D eigenvalue weighted by Crippen LogP contribution is 2.29. The minimum Gasteiger partial charge on any atom is -0.437 e. The second kappa shape index (κ2) is 5.17. The molecule has 0 spiro atoms. The van der Waals surface area contributed by atoms with Crippen LogP contribution in [0.15, 0.2) is 36.4 Å². The van der Waals surface area contributed by atoms with E-state index in [0.29, 0.717) is 23.2 Å². The number of aromatic nitrogens is 1. The number of halogens is 1. The molecule has 0 saturated carbocycles. The standard InChI is InChI=1S/C13H13ClN2O/c1-9-5-6-11(14)12(7-9)17-13-4-2-3-10(8-15)16-13/h2-7H,8,15H2,1H3. The lowest BCUT2D eigenvalue weighted by Crippen LogP contribution is -2.00. The van der Waals surface area contributed by atoms with Gasteiger partial charge in [0.2, 0.25) is 5.88 Å². The SMILES string of the molecule is Cc1ccc(Cl)c(Oc2cccc(CN)n2)c1. The predicted octanol–water partition coefficient (Wildman–Crippen LogP) is 3.29. The molecule has 2 N–H and O–H groups in total. The number of rotatable bonds is 3. The van der Waals surface area contributed by atoms with Crippen LogP contribution in [0, 0.1) is 6.92 Å². The van der Waals surface area contributed by atoms with Gasteiger partial charge in [0.15, 0.2) is 0 Å². The van der Waals surface area contributed by atoms with E-state index in [1.807, 2.05) is 31.2 Å². The summed E-state index contributed by atoms with van der Waals surface area (Å²) < 4.78 is 5.63. The molecule has 3 nitrogen and oxygen atoms in total. The van der Waals surface area contributed by atoms with Crippen LogP contribution >= 0.6 is 11.6 Å². The second-order valence-electron chi connectivity index (χ2n) is 3.71. The average Bonchev–Trinajstić information content (AvgIpc) is 2.34. The Morgan fingerprint density at radius 1 is 1.29 bits per heavy atom. The highest BCUT2D eigenvalue weighted by atomic mass is 35.5. The molecule has 17 heavy (non-hydrogen) atoms. The van der Waals surface area contributed by atoms with E-state index < -0.39 is 0 Å². The third kappa shape index (κ3) is 2.96. The van der Waals surface area contributed by atoms with Crippen molar-refractivity contribution in [2.45, 2.75) is 13.5 Å². The van der Waals surface area contributed by atoms with Crippen LogP contribution in [0.2, 0.25) is 5.02 Å². The summed E-state index contributed by atoms with van der Waals surface area (Å²) in [6, 6.07) is 11.1. The van der Waals surface area contributed by atoms with Gasteiger partial charge in [0, 0.05) is 12.6 Å². The molecule has 0 aliphatic carbocycles. The van der Waals surface area contributed by atoms with E-state index >= 15 is 0 Å². The zero-order valence-corrected chi connectivity index (χ0v) is 10.2. The fourth-order valence-corrected chi connectivity index (χ4v) is 1.59. The number of ether oxygens (including phenoxy) is 1. The molecule has 0 aliphatic heterocycles. The lowest BCUT2D eigenvalue weighted by atomic mass is 10.2. The van der Waals surface area contributed by atoms with Crippen LogP contribution < -0.4 is 10.5 Å². The number of hydrogen-bond donors (Lipinski definition) is 1. The van der Waals surface area contributed by atoms with E-state index in [9.17, 15) is 0 Å². The first kappa shape index (κ1) is 11.9. The molecule has 0 atom stereocenters. The van der Waals surface area contributed by atoms with Gasteiger partial charge < -0.3 is 10.5 Å². The monoisotopic (exact) mass is 248 g/mol. The number of hydrogen-bond acceptors (Lipinski definition) is 3. The number of aryl methyl sites for hydroxylation is 1. The van der Waals surface area contributed by atoms with Crippen LogP contribution in [0.5, 0.6) is 11.6 Å². The molecule has 2 rings (SSSR count). The summed E-state index contributed by atoms with van der Waals surface area (Å²) in [5.41, 5.74) is 7.39. The Kier molecular flexibility index (Phi) is 3.61. The largest absolute Gasteiger partial charge is 0.437 e. The zero-order valence-electron chi connectivity index (χ0n) is 9.48. The molecule has 0 saturated heterocycles. The van der Waals surface area contributed by atoms with Gasteiger partial charge in [-0.2, -0.15) is 0 Å². The summed E-state index contributed by atoms with van der Waals surface area (Å²) in [6.07, 6.45) is 0. The van der Waals surface area contributed by atoms with Gasteiger partial charge in [-0.25, -0.2) is 4.98 Å². The molecular formula is C13H13ClN2O. The first-order valence-electron chi connectivity index (χ1n) is 5.29. The Bertz CT molecular complexity index is 529. The first-order valence-corrected chi connectivity index (χ1v) is 5.67. The maximum atomic E-state index is 6.04. The molecule has 0 fully saturated rings. The molecule has 4 heteroatoms. The molecule has 0 amide bonds. The number of nitrogens with two attached hydrogens (primary N) is 1. The summed E-state index contributed by atoms with van der Waals surface area (Å²) in [6.45, 7) is 2.37. The van der Waals surface area contributed by atoms with Gasteiger partial charge >= 0.3 is 0 Å². The maximum Gasteiger partial charge on any atom is 0.219 e. The van der Waals surface area contributed by atoms with E-state index in [4.69, 9.17) is 22.1 Å². The van der Waals surface area contributed by atoms with Gasteiger partial charge in [0.1, 0.15) is 5.75 Å². The van der Waals surface area contributed by atoms with Crippen LogP contribution in [0.4, 0.5) is 0 Å². The highest BCUT2D eigenvalue weighted by molar-refractivity contribution is 6.32. The van der Waals surface area contributed by atoms with Gasteiger partial charge in [0.25, 0.3) is 0 Å². The molecule has 1 aromatic heterocycles. The van der Waals surface area contributed by atoms with Gasteiger partial charge in [-0.1, -0.05) is 23.7 Å².